The van der Waals surface area contributed by atoms with Gasteiger partial charge < -0.3 is 5.32 Å². The number of rotatable bonds is 7. The summed E-state index contributed by atoms with van der Waals surface area (Å²) in [6, 6.07) is 6.88. The second-order valence-electron chi connectivity index (χ2n) is 7.19. The van der Waals surface area contributed by atoms with E-state index in [1.54, 1.807) is 0 Å². The van der Waals surface area contributed by atoms with Gasteiger partial charge in [-0.3, -0.25) is 9.88 Å². The molecule has 1 aliphatic rings. The maximum Gasteiger partial charge on any atom is 0.0547 e. The Morgan fingerprint density at radius 3 is 2.62 bits per heavy atom. The van der Waals surface area contributed by atoms with Crippen molar-refractivity contribution in [3.63, 3.8) is 0 Å². The van der Waals surface area contributed by atoms with Crippen LogP contribution in [0.5, 0.6) is 0 Å². The zero-order chi connectivity index (χ0) is 15.3. The van der Waals surface area contributed by atoms with Crippen LogP contribution in [0.3, 0.4) is 0 Å². The van der Waals surface area contributed by atoms with Crippen LogP contribution in [0.1, 0.15) is 50.9 Å². The molecule has 1 saturated carbocycles. The van der Waals surface area contributed by atoms with Crippen LogP contribution >= 0.6 is 0 Å². The zero-order valence-electron chi connectivity index (χ0n) is 14.2. The number of hydrogen-bond donors (Lipinski definition) is 1. The SMILES string of the molecule is Cc1cccc(CN(C)CC2(CNC(C)C)CCCC2)n1. The van der Waals surface area contributed by atoms with E-state index in [2.05, 4.69) is 61.2 Å². The van der Waals surface area contributed by atoms with Crippen molar-refractivity contribution in [1.29, 1.82) is 0 Å². The molecular formula is C18H31N3. The Morgan fingerprint density at radius 2 is 2.00 bits per heavy atom. The first-order chi connectivity index (χ1) is 9.99. The van der Waals surface area contributed by atoms with E-state index in [0.29, 0.717) is 11.5 Å². The van der Waals surface area contributed by atoms with Crippen molar-refractivity contribution in [1.82, 2.24) is 15.2 Å². The fourth-order valence-corrected chi connectivity index (χ4v) is 3.53. The Morgan fingerprint density at radius 1 is 1.29 bits per heavy atom. The lowest BCUT2D eigenvalue weighted by molar-refractivity contribution is 0.163. The highest BCUT2D eigenvalue weighted by Gasteiger charge is 2.34. The Labute approximate surface area is 130 Å². The molecule has 0 aromatic carbocycles. The second-order valence-corrected chi connectivity index (χ2v) is 7.19. The fourth-order valence-electron chi connectivity index (χ4n) is 3.53. The Kier molecular flexibility index (Phi) is 5.77. The minimum atomic E-state index is 0.461. The molecule has 1 heterocycles. The highest BCUT2D eigenvalue weighted by atomic mass is 15.1. The minimum absolute atomic E-state index is 0.461. The van der Waals surface area contributed by atoms with Crippen LogP contribution in [-0.4, -0.2) is 36.1 Å². The fraction of sp³-hybridized carbons (Fsp3) is 0.722. The van der Waals surface area contributed by atoms with Crippen molar-refractivity contribution in [3.8, 4) is 0 Å². The van der Waals surface area contributed by atoms with E-state index in [-0.39, 0.29) is 0 Å². The van der Waals surface area contributed by atoms with Crippen molar-refractivity contribution >= 4 is 0 Å². The summed E-state index contributed by atoms with van der Waals surface area (Å²) in [5.74, 6) is 0. The number of nitrogens with zero attached hydrogens (tertiary/aromatic N) is 2. The van der Waals surface area contributed by atoms with Crippen LogP contribution in [0.25, 0.3) is 0 Å². The summed E-state index contributed by atoms with van der Waals surface area (Å²) in [4.78, 5) is 7.08. The first-order valence-corrected chi connectivity index (χ1v) is 8.34. The third-order valence-electron chi connectivity index (χ3n) is 4.53. The molecule has 21 heavy (non-hydrogen) atoms. The molecule has 3 heteroatoms. The summed E-state index contributed by atoms with van der Waals surface area (Å²) in [7, 11) is 2.24. The molecule has 1 aromatic heterocycles. The van der Waals surface area contributed by atoms with Crippen molar-refractivity contribution < 1.29 is 0 Å². The highest BCUT2D eigenvalue weighted by Crippen LogP contribution is 2.38. The minimum Gasteiger partial charge on any atom is -0.314 e. The molecule has 0 spiro atoms. The lowest BCUT2D eigenvalue weighted by Crippen LogP contribution is -2.43. The normalized spacial score (nSPS) is 17.8. The van der Waals surface area contributed by atoms with Gasteiger partial charge in [0.1, 0.15) is 0 Å². The molecule has 1 aromatic rings. The summed E-state index contributed by atoms with van der Waals surface area (Å²) in [6.07, 6.45) is 5.49. The van der Waals surface area contributed by atoms with Crippen LogP contribution < -0.4 is 5.32 Å². The number of pyridine rings is 1. The van der Waals surface area contributed by atoms with Gasteiger partial charge in [-0.2, -0.15) is 0 Å². The summed E-state index contributed by atoms with van der Waals surface area (Å²) in [5.41, 5.74) is 2.75. The van der Waals surface area contributed by atoms with E-state index >= 15 is 0 Å². The first kappa shape index (κ1) is 16.4. The number of hydrogen-bond acceptors (Lipinski definition) is 3. The number of aromatic nitrogens is 1. The van der Waals surface area contributed by atoms with E-state index in [9.17, 15) is 0 Å². The predicted molar refractivity (Wildman–Crippen MR) is 89.3 cm³/mol. The van der Waals surface area contributed by atoms with Gasteiger partial charge in [-0.15, -0.1) is 0 Å². The molecule has 1 N–H and O–H groups in total. The Hall–Kier alpha value is -0.930. The second kappa shape index (κ2) is 7.37. The number of aryl methyl sites for hydroxylation is 1. The quantitative estimate of drug-likeness (QED) is 0.834. The standard InChI is InChI=1S/C18H31N3/c1-15(2)19-13-18(10-5-6-11-18)14-21(4)12-17-9-7-8-16(3)20-17/h7-9,15,19H,5-6,10-14H2,1-4H3. The van der Waals surface area contributed by atoms with Gasteiger partial charge in [0.2, 0.25) is 0 Å². The molecule has 3 nitrogen and oxygen atoms in total. The molecule has 1 fully saturated rings. The van der Waals surface area contributed by atoms with Gasteiger partial charge in [0.15, 0.2) is 0 Å². The van der Waals surface area contributed by atoms with Crippen LogP contribution in [-0.2, 0) is 6.54 Å². The lowest BCUT2D eigenvalue weighted by Gasteiger charge is -2.34. The van der Waals surface area contributed by atoms with Crippen LogP contribution in [0.15, 0.2) is 18.2 Å². The van der Waals surface area contributed by atoms with Crippen molar-refractivity contribution in [2.45, 2.75) is 59.0 Å². The van der Waals surface area contributed by atoms with Gasteiger partial charge in [-0.1, -0.05) is 32.8 Å². The highest BCUT2D eigenvalue weighted by molar-refractivity contribution is 5.09. The maximum absolute atomic E-state index is 4.63. The average Bonchev–Trinajstić information content (AvgIpc) is 2.85. The van der Waals surface area contributed by atoms with Crippen molar-refractivity contribution in [3.05, 3.63) is 29.6 Å². The summed E-state index contributed by atoms with van der Waals surface area (Å²) >= 11 is 0. The summed E-state index contributed by atoms with van der Waals surface area (Å²) < 4.78 is 0. The maximum atomic E-state index is 4.63. The smallest absolute Gasteiger partial charge is 0.0547 e. The largest absolute Gasteiger partial charge is 0.314 e. The molecule has 0 saturated heterocycles. The van der Waals surface area contributed by atoms with E-state index in [1.165, 1.54) is 37.9 Å². The van der Waals surface area contributed by atoms with Crippen LogP contribution in [0, 0.1) is 12.3 Å². The molecule has 0 unspecified atom stereocenters. The predicted octanol–water partition coefficient (Wildman–Crippen LogP) is 3.38. The van der Waals surface area contributed by atoms with Gasteiger partial charge in [0, 0.05) is 31.4 Å². The van der Waals surface area contributed by atoms with E-state index in [0.717, 1.165) is 18.8 Å². The zero-order valence-corrected chi connectivity index (χ0v) is 14.2. The summed E-state index contributed by atoms with van der Waals surface area (Å²) in [6.45, 7) is 9.81. The van der Waals surface area contributed by atoms with E-state index in [1.807, 2.05) is 0 Å². The molecule has 118 valence electrons. The Balaban J connectivity index is 1.93. The van der Waals surface area contributed by atoms with E-state index < -0.39 is 0 Å². The third-order valence-corrected chi connectivity index (χ3v) is 4.53. The summed E-state index contributed by atoms with van der Waals surface area (Å²) in [5, 5.41) is 3.66. The number of nitrogens with one attached hydrogen (secondary N) is 1. The van der Waals surface area contributed by atoms with Crippen molar-refractivity contribution in [2.75, 3.05) is 20.1 Å². The molecule has 2 rings (SSSR count). The molecule has 0 bridgehead atoms. The Bertz CT molecular complexity index is 436. The molecule has 0 aliphatic heterocycles. The topological polar surface area (TPSA) is 28.2 Å². The van der Waals surface area contributed by atoms with Crippen LogP contribution in [0.4, 0.5) is 0 Å². The van der Waals surface area contributed by atoms with Crippen molar-refractivity contribution in [2.24, 2.45) is 5.41 Å². The van der Waals surface area contributed by atoms with E-state index in [4.69, 9.17) is 0 Å². The molecule has 0 amide bonds. The molecule has 0 atom stereocenters. The monoisotopic (exact) mass is 289 g/mol. The lowest BCUT2D eigenvalue weighted by atomic mass is 9.85. The van der Waals surface area contributed by atoms with Gasteiger partial charge in [0.05, 0.1) is 5.69 Å². The van der Waals surface area contributed by atoms with Crippen LogP contribution in [0.2, 0.25) is 0 Å². The molecular weight excluding hydrogens is 258 g/mol. The van der Waals surface area contributed by atoms with Gasteiger partial charge >= 0.3 is 0 Å². The average molecular weight is 289 g/mol. The third kappa shape index (κ3) is 5.08. The molecule has 1 aliphatic carbocycles. The van der Waals surface area contributed by atoms with Gasteiger partial charge in [-0.25, -0.2) is 0 Å². The first-order valence-electron chi connectivity index (χ1n) is 8.34. The molecule has 0 radical (unpaired) electrons. The van der Waals surface area contributed by atoms with Gasteiger partial charge in [-0.05, 0) is 44.4 Å². The van der Waals surface area contributed by atoms with Gasteiger partial charge in [0.25, 0.3) is 0 Å².